The second kappa shape index (κ2) is 6.70. The molecule has 1 fully saturated rings. The summed E-state index contributed by atoms with van der Waals surface area (Å²) in [5.74, 6) is 0.719. The monoisotopic (exact) mass is 336 g/mol. The highest BCUT2D eigenvalue weighted by Gasteiger charge is 2.39. The van der Waals surface area contributed by atoms with E-state index in [4.69, 9.17) is 9.57 Å². The maximum atomic E-state index is 12.7. The van der Waals surface area contributed by atoms with Gasteiger partial charge in [-0.1, -0.05) is 42.5 Å². The van der Waals surface area contributed by atoms with Gasteiger partial charge in [0.1, 0.15) is 18.5 Å². The summed E-state index contributed by atoms with van der Waals surface area (Å²) < 4.78 is 5.24. The highest BCUT2D eigenvalue weighted by atomic mass is 16.7. The first-order chi connectivity index (χ1) is 12.3. The molecule has 2 bridgehead atoms. The second-order valence-corrected chi connectivity index (χ2v) is 6.18. The fourth-order valence-electron chi connectivity index (χ4n) is 3.38. The van der Waals surface area contributed by atoms with Gasteiger partial charge in [0.05, 0.1) is 13.2 Å². The van der Waals surface area contributed by atoms with E-state index in [1.165, 1.54) is 5.06 Å². The van der Waals surface area contributed by atoms with Crippen LogP contribution in [0.25, 0.3) is 0 Å². The van der Waals surface area contributed by atoms with Crippen LogP contribution in [-0.2, 0) is 4.84 Å². The molecular formula is C20H20N2O3. The van der Waals surface area contributed by atoms with Crippen LogP contribution in [0.1, 0.15) is 22.0 Å². The van der Waals surface area contributed by atoms with E-state index < -0.39 is 0 Å². The third-order valence-electron chi connectivity index (χ3n) is 4.63. The van der Waals surface area contributed by atoms with Crippen LogP contribution in [0.3, 0.4) is 0 Å². The third kappa shape index (κ3) is 3.04. The Kier molecular flexibility index (Phi) is 4.26. The molecule has 2 aromatic rings. The fourth-order valence-corrected chi connectivity index (χ4v) is 3.38. The standard InChI is InChI=1S/C20H20N2O3/c1-24-17-11-9-15(10-12-17)19-18-8-5-13-21(19)14-22(25-18)20(23)16-6-3-2-4-7-16/h2-12,18-19H,13-14H2,1H3. The third-order valence-corrected chi connectivity index (χ3v) is 4.63. The fraction of sp³-hybridized carbons (Fsp3) is 0.250. The average molecular weight is 336 g/mol. The SMILES string of the molecule is COc1ccc(C2C3C=CCN2CN(C(=O)c2ccccc2)O3)cc1. The van der Waals surface area contributed by atoms with E-state index in [0.29, 0.717) is 12.2 Å². The summed E-state index contributed by atoms with van der Waals surface area (Å²) in [7, 11) is 1.66. The molecule has 25 heavy (non-hydrogen) atoms. The lowest BCUT2D eigenvalue weighted by atomic mass is 9.96. The Bertz CT molecular complexity index is 773. The number of fused-ring (bicyclic) bond motifs is 2. The van der Waals surface area contributed by atoms with Gasteiger partial charge in [-0.2, -0.15) is 0 Å². The molecule has 2 aromatic carbocycles. The molecule has 1 amide bonds. The zero-order chi connectivity index (χ0) is 17.2. The van der Waals surface area contributed by atoms with Gasteiger partial charge in [0.15, 0.2) is 0 Å². The minimum Gasteiger partial charge on any atom is -0.497 e. The number of hydrogen-bond donors (Lipinski definition) is 0. The maximum Gasteiger partial charge on any atom is 0.278 e. The summed E-state index contributed by atoms with van der Waals surface area (Å²) in [6.45, 7) is 1.22. The van der Waals surface area contributed by atoms with Crippen molar-refractivity contribution in [1.29, 1.82) is 0 Å². The van der Waals surface area contributed by atoms with E-state index >= 15 is 0 Å². The number of hydrogen-bond acceptors (Lipinski definition) is 4. The molecule has 0 saturated carbocycles. The zero-order valence-corrected chi connectivity index (χ0v) is 14.0. The summed E-state index contributed by atoms with van der Waals surface area (Å²) in [6.07, 6.45) is 3.94. The van der Waals surface area contributed by atoms with E-state index in [1.807, 2.05) is 48.5 Å². The molecule has 1 saturated heterocycles. The van der Waals surface area contributed by atoms with Crippen LogP contribution in [-0.4, -0.2) is 42.3 Å². The van der Waals surface area contributed by atoms with E-state index in [1.54, 1.807) is 7.11 Å². The minimum atomic E-state index is -0.191. The Labute approximate surface area is 147 Å². The van der Waals surface area contributed by atoms with Crippen molar-refractivity contribution >= 4 is 5.91 Å². The first-order valence-electron chi connectivity index (χ1n) is 8.34. The first kappa shape index (κ1) is 15.9. The van der Waals surface area contributed by atoms with Crippen molar-refractivity contribution in [2.24, 2.45) is 0 Å². The highest BCUT2D eigenvalue weighted by Crippen LogP contribution is 2.35. The number of benzene rings is 2. The number of methoxy groups -OCH3 is 1. The molecule has 4 rings (SSSR count). The second-order valence-electron chi connectivity index (χ2n) is 6.18. The van der Waals surface area contributed by atoms with Gasteiger partial charge < -0.3 is 4.74 Å². The summed E-state index contributed by atoms with van der Waals surface area (Å²) in [5.41, 5.74) is 1.79. The Morgan fingerprint density at radius 1 is 1.12 bits per heavy atom. The zero-order valence-electron chi connectivity index (χ0n) is 14.0. The minimum absolute atomic E-state index is 0.0933. The molecule has 128 valence electrons. The molecule has 2 aliphatic heterocycles. The number of carbonyl (C=O) groups is 1. The molecule has 3 unspecified atom stereocenters. The molecule has 0 N–H and O–H groups in total. The Morgan fingerprint density at radius 2 is 1.88 bits per heavy atom. The van der Waals surface area contributed by atoms with E-state index in [-0.39, 0.29) is 18.1 Å². The van der Waals surface area contributed by atoms with Gasteiger partial charge in [0.25, 0.3) is 5.91 Å². The molecule has 5 heteroatoms. The lowest BCUT2D eigenvalue weighted by Crippen LogP contribution is -2.55. The van der Waals surface area contributed by atoms with Crippen molar-refractivity contribution in [2.45, 2.75) is 12.1 Å². The van der Waals surface area contributed by atoms with Gasteiger partial charge in [0, 0.05) is 12.1 Å². The topological polar surface area (TPSA) is 42.0 Å². The summed E-state index contributed by atoms with van der Waals surface area (Å²) in [6, 6.07) is 17.3. The van der Waals surface area contributed by atoms with Crippen molar-refractivity contribution in [1.82, 2.24) is 9.96 Å². The number of nitrogens with zero attached hydrogens (tertiary/aromatic N) is 2. The van der Waals surface area contributed by atoms with Gasteiger partial charge in [-0.15, -0.1) is 0 Å². The smallest absolute Gasteiger partial charge is 0.278 e. The lowest BCUT2D eigenvalue weighted by molar-refractivity contribution is -0.232. The number of ether oxygens (including phenoxy) is 1. The van der Waals surface area contributed by atoms with Crippen molar-refractivity contribution in [2.75, 3.05) is 20.3 Å². The van der Waals surface area contributed by atoms with Gasteiger partial charge in [-0.05, 0) is 29.8 Å². The van der Waals surface area contributed by atoms with E-state index in [0.717, 1.165) is 17.9 Å². The average Bonchev–Trinajstić information content (AvgIpc) is 2.67. The van der Waals surface area contributed by atoms with Crippen molar-refractivity contribution < 1.29 is 14.4 Å². The molecule has 3 atom stereocenters. The quantitative estimate of drug-likeness (QED) is 0.808. The van der Waals surface area contributed by atoms with Crippen LogP contribution < -0.4 is 4.74 Å². The van der Waals surface area contributed by atoms with Gasteiger partial charge in [-0.3, -0.25) is 14.5 Å². The van der Waals surface area contributed by atoms with Crippen LogP contribution in [0.15, 0.2) is 66.7 Å². The predicted molar refractivity (Wildman–Crippen MR) is 93.9 cm³/mol. The molecular weight excluding hydrogens is 316 g/mol. The van der Waals surface area contributed by atoms with Crippen LogP contribution in [0.2, 0.25) is 0 Å². The maximum absolute atomic E-state index is 12.7. The predicted octanol–water partition coefficient (Wildman–Crippen LogP) is 3.02. The van der Waals surface area contributed by atoms with Crippen LogP contribution in [0, 0.1) is 0 Å². The lowest BCUT2D eigenvalue weighted by Gasteiger charge is -2.46. The van der Waals surface area contributed by atoms with Crippen LogP contribution in [0.5, 0.6) is 5.75 Å². The van der Waals surface area contributed by atoms with Crippen molar-refractivity contribution in [3.8, 4) is 5.75 Å². The van der Waals surface area contributed by atoms with Crippen LogP contribution in [0.4, 0.5) is 0 Å². The Hall–Kier alpha value is -2.63. The van der Waals surface area contributed by atoms with Gasteiger partial charge in [0.2, 0.25) is 0 Å². The number of carbonyl (C=O) groups excluding carboxylic acids is 1. The molecule has 2 aliphatic rings. The van der Waals surface area contributed by atoms with Gasteiger partial charge >= 0.3 is 0 Å². The Morgan fingerprint density at radius 3 is 2.56 bits per heavy atom. The highest BCUT2D eigenvalue weighted by molar-refractivity contribution is 5.93. The molecule has 5 nitrogen and oxygen atoms in total. The largest absolute Gasteiger partial charge is 0.497 e. The summed E-state index contributed by atoms with van der Waals surface area (Å²) in [5, 5.41) is 1.46. The number of rotatable bonds is 3. The van der Waals surface area contributed by atoms with Crippen molar-refractivity contribution in [3.05, 3.63) is 77.9 Å². The van der Waals surface area contributed by atoms with Crippen LogP contribution >= 0.6 is 0 Å². The summed E-state index contributed by atoms with van der Waals surface area (Å²) in [4.78, 5) is 21.0. The Balaban J connectivity index is 1.56. The molecule has 0 spiro atoms. The molecule has 0 aliphatic carbocycles. The number of amides is 1. The molecule has 0 radical (unpaired) electrons. The normalized spacial score (nSPS) is 24.8. The van der Waals surface area contributed by atoms with Crippen molar-refractivity contribution in [3.63, 3.8) is 0 Å². The van der Waals surface area contributed by atoms with E-state index in [9.17, 15) is 4.79 Å². The van der Waals surface area contributed by atoms with Gasteiger partial charge in [-0.25, -0.2) is 5.06 Å². The van der Waals surface area contributed by atoms with E-state index in [2.05, 4.69) is 23.1 Å². The number of hydroxylamine groups is 2. The molecule has 2 heterocycles. The molecule has 0 aromatic heterocycles. The first-order valence-corrected chi connectivity index (χ1v) is 8.34. The summed E-state index contributed by atoms with van der Waals surface area (Å²) >= 11 is 0.